The highest BCUT2D eigenvalue weighted by Gasteiger charge is 2.59. The maximum atomic E-state index is 11.6. The van der Waals surface area contributed by atoms with Gasteiger partial charge >= 0.3 is 0 Å². The number of hydrogen-bond acceptors (Lipinski definition) is 6. The van der Waals surface area contributed by atoms with Crippen molar-refractivity contribution in [3.05, 3.63) is 41.0 Å². The number of rotatable bonds is 3. The maximum absolute atomic E-state index is 11.6. The summed E-state index contributed by atoms with van der Waals surface area (Å²) in [5.41, 5.74) is 2.48. The molecule has 0 radical (unpaired) electrons. The zero-order chi connectivity index (χ0) is 17.1. The molecule has 0 amide bonds. The molecule has 1 saturated carbocycles. The van der Waals surface area contributed by atoms with E-state index >= 15 is 0 Å². The highest BCUT2D eigenvalue weighted by Crippen LogP contribution is 2.64. The first kappa shape index (κ1) is 15.4. The van der Waals surface area contributed by atoms with E-state index in [1.807, 2.05) is 12.1 Å². The molecule has 1 spiro atoms. The third-order valence-corrected chi connectivity index (χ3v) is 7.56. The first-order chi connectivity index (χ1) is 12.0. The summed E-state index contributed by atoms with van der Waals surface area (Å²) in [4.78, 5) is 4.59. The lowest BCUT2D eigenvalue weighted by molar-refractivity contribution is 0.345. The van der Waals surface area contributed by atoms with E-state index in [1.54, 1.807) is 0 Å². The van der Waals surface area contributed by atoms with Crippen LogP contribution < -0.4 is 4.74 Å². The SMILES string of the molecule is O=S1(=O)CCC2(CC1)CC2c1nc(Cc2ccc3c(c2)CCO3)no1. The molecule has 1 aromatic heterocycles. The number of sulfone groups is 1. The van der Waals surface area contributed by atoms with E-state index in [9.17, 15) is 8.42 Å². The summed E-state index contributed by atoms with van der Waals surface area (Å²) < 4.78 is 34.3. The Morgan fingerprint density at radius 2 is 2.08 bits per heavy atom. The molecule has 0 N–H and O–H groups in total. The summed E-state index contributed by atoms with van der Waals surface area (Å²) in [5.74, 6) is 3.17. The van der Waals surface area contributed by atoms with Crippen molar-refractivity contribution >= 4 is 9.84 Å². The number of ether oxygens (including phenoxy) is 1. The summed E-state index contributed by atoms with van der Waals surface area (Å²) in [6.07, 6.45) is 4.02. The average Bonchev–Trinajstić information content (AvgIpc) is 2.94. The van der Waals surface area contributed by atoms with E-state index in [0.29, 0.717) is 29.6 Å². The molecule has 7 heteroatoms. The van der Waals surface area contributed by atoms with Gasteiger partial charge in [-0.25, -0.2) is 8.42 Å². The lowest BCUT2D eigenvalue weighted by atomic mass is 9.96. The predicted octanol–water partition coefficient (Wildman–Crippen LogP) is 2.28. The van der Waals surface area contributed by atoms with Crippen LogP contribution in [-0.4, -0.2) is 36.7 Å². The molecular formula is C18H20N2O4S. The molecule has 2 aliphatic heterocycles. The van der Waals surface area contributed by atoms with Gasteiger partial charge < -0.3 is 9.26 Å². The van der Waals surface area contributed by atoms with Gasteiger partial charge in [0.25, 0.3) is 0 Å². The Morgan fingerprint density at radius 3 is 2.92 bits per heavy atom. The quantitative estimate of drug-likeness (QED) is 0.835. The molecule has 3 heterocycles. The molecule has 1 aromatic carbocycles. The van der Waals surface area contributed by atoms with Crippen molar-refractivity contribution in [2.45, 2.75) is 38.0 Å². The fraction of sp³-hybridized carbons (Fsp3) is 0.556. The van der Waals surface area contributed by atoms with Gasteiger partial charge in [-0.05, 0) is 41.9 Å². The monoisotopic (exact) mass is 360 g/mol. The van der Waals surface area contributed by atoms with Crippen molar-refractivity contribution in [1.82, 2.24) is 10.1 Å². The summed E-state index contributed by atoms with van der Waals surface area (Å²) in [7, 11) is -2.84. The van der Waals surface area contributed by atoms with Crippen molar-refractivity contribution in [3.8, 4) is 5.75 Å². The normalized spacial score (nSPS) is 25.5. The molecule has 0 bridgehead atoms. The minimum Gasteiger partial charge on any atom is -0.493 e. The fourth-order valence-corrected chi connectivity index (χ4v) is 5.85. The van der Waals surface area contributed by atoms with Crippen LogP contribution in [0.1, 0.15) is 48.0 Å². The van der Waals surface area contributed by atoms with Crippen LogP contribution in [0.25, 0.3) is 0 Å². The average molecular weight is 360 g/mol. The van der Waals surface area contributed by atoms with Crippen molar-refractivity contribution in [1.29, 1.82) is 0 Å². The molecule has 5 rings (SSSR count). The smallest absolute Gasteiger partial charge is 0.230 e. The molecule has 6 nitrogen and oxygen atoms in total. The second kappa shape index (κ2) is 5.30. The van der Waals surface area contributed by atoms with Crippen LogP contribution in [0.2, 0.25) is 0 Å². The molecule has 1 atom stereocenters. The lowest BCUT2D eigenvalue weighted by Gasteiger charge is -2.21. The van der Waals surface area contributed by atoms with Gasteiger partial charge in [0.2, 0.25) is 5.89 Å². The van der Waals surface area contributed by atoms with Crippen LogP contribution in [0, 0.1) is 5.41 Å². The van der Waals surface area contributed by atoms with Crippen molar-refractivity contribution in [3.63, 3.8) is 0 Å². The van der Waals surface area contributed by atoms with E-state index in [2.05, 4.69) is 16.2 Å². The molecule has 1 unspecified atom stereocenters. The fourth-order valence-electron chi connectivity index (χ4n) is 4.21. The van der Waals surface area contributed by atoms with Crippen LogP contribution in [-0.2, 0) is 22.7 Å². The Bertz CT molecular complexity index is 920. The summed E-state index contributed by atoms with van der Waals surface area (Å²) in [6, 6.07) is 6.21. The van der Waals surface area contributed by atoms with Crippen LogP contribution in [0.15, 0.2) is 22.7 Å². The number of fused-ring (bicyclic) bond motifs is 1. The number of aromatic nitrogens is 2. The minimum absolute atomic E-state index is 0.0834. The van der Waals surface area contributed by atoms with E-state index in [0.717, 1.165) is 43.6 Å². The predicted molar refractivity (Wildman–Crippen MR) is 90.4 cm³/mol. The minimum atomic E-state index is -2.84. The third kappa shape index (κ3) is 2.74. The van der Waals surface area contributed by atoms with Crippen LogP contribution in [0.4, 0.5) is 0 Å². The van der Waals surface area contributed by atoms with E-state index in [4.69, 9.17) is 9.26 Å². The van der Waals surface area contributed by atoms with Crippen LogP contribution in [0.5, 0.6) is 5.75 Å². The Labute approximate surface area is 146 Å². The van der Waals surface area contributed by atoms with Crippen molar-refractivity contribution in [2.75, 3.05) is 18.1 Å². The van der Waals surface area contributed by atoms with E-state index in [1.165, 1.54) is 5.56 Å². The Kier molecular flexibility index (Phi) is 3.26. The Morgan fingerprint density at radius 1 is 1.24 bits per heavy atom. The number of hydrogen-bond donors (Lipinski definition) is 0. The molecule has 2 aromatic rings. The second-order valence-electron chi connectivity index (χ2n) is 7.54. The molecule has 1 saturated heterocycles. The topological polar surface area (TPSA) is 82.3 Å². The van der Waals surface area contributed by atoms with Crippen molar-refractivity contribution < 1.29 is 17.7 Å². The van der Waals surface area contributed by atoms with Gasteiger partial charge in [-0.15, -0.1) is 0 Å². The highest BCUT2D eigenvalue weighted by atomic mass is 32.2. The summed E-state index contributed by atoms with van der Waals surface area (Å²) >= 11 is 0. The summed E-state index contributed by atoms with van der Waals surface area (Å²) in [6.45, 7) is 0.755. The van der Waals surface area contributed by atoms with E-state index < -0.39 is 9.84 Å². The van der Waals surface area contributed by atoms with Crippen molar-refractivity contribution in [2.24, 2.45) is 5.41 Å². The Hall–Kier alpha value is -1.89. The van der Waals surface area contributed by atoms with Gasteiger partial charge in [0.05, 0.1) is 18.1 Å². The highest BCUT2D eigenvalue weighted by molar-refractivity contribution is 7.91. The van der Waals surface area contributed by atoms with Crippen LogP contribution >= 0.6 is 0 Å². The van der Waals surface area contributed by atoms with Crippen LogP contribution in [0.3, 0.4) is 0 Å². The van der Waals surface area contributed by atoms with Gasteiger partial charge in [0.1, 0.15) is 15.6 Å². The van der Waals surface area contributed by atoms with E-state index in [-0.39, 0.29) is 11.3 Å². The maximum Gasteiger partial charge on any atom is 0.230 e. The molecule has 3 aliphatic rings. The number of nitrogens with zero attached hydrogens (tertiary/aromatic N) is 2. The molecular weight excluding hydrogens is 340 g/mol. The van der Waals surface area contributed by atoms with Gasteiger partial charge in [-0.1, -0.05) is 17.3 Å². The second-order valence-corrected chi connectivity index (χ2v) is 9.84. The standard InChI is InChI=1S/C18H20N2O4S/c21-25(22)7-4-18(5-8-25)11-14(18)17-19-16(20-24-17)10-12-1-2-15-13(9-12)3-6-23-15/h1-2,9,14H,3-8,10-11H2. The van der Waals surface area contributed by atoms with Gasteiger partial charge in [0, 0.05) is 18.8 Å². The molecule has 25 heavy (non-hydrogen) atoms. The largest absolute Gasteiger partial charge is 0.493 e. The first-order valence-corrected chi connectivity index (χ1v) is 10.6. The summed E-state index contributed by atoms with van der Waals surface area (Å²) in [5, 5.41) is 4.14. The number of benzene rings is 1. The zero-order valence-corrected chi connectivity index (χ0v) is 14.7. The van der Waals surface area contributed by atoms with Gasteiger partial charge in [-0.2, -0.15) is 4.98 Å². The Balaban J connectivity index is 1.29. The third-order valence-electron chi connectivity index (χ3n) is 5.91. The molecule has 2 fully saturated rings. The first-order valence-electron chi connectivity index (χ1n) is 8.81. The van der Waals surface area contributed by atoms with Gasteiger partial charge in [-0.3, -0.25) is 0 Å². The molecule has 1 aliphatic carbocycles. The van der Waals surface area contributed by atoms with Gasteiger partial charge in [0.15, 0.2) is 5.82 Å². The zero-order valence-electron chi connectivity index (χ0n) is 13.9. The molecule has 132 valence electrons. The lowest BCUT2D eigenvalue weighted by Crippen LogP contribution is -2.25.